The molecule has 0 aliphatic carbocycles. The van der Waals surface area contributed by atoms with E-state index in [0.717, 1.165) is 15.5 Å². The summed E-state index contributed by atoms with van der Waals surface area (Å²) < 4.78 is 39.8. The Labute approximate surface area is 638 Å². The number of nitrogens with two attached hydrogens (primary N) is 1. The maximum Gasteiger partial charge on any atom is 0.410 e. The molecule has 0 aromatic heterocycles. The lowest BCUT2D eigenvalue weighted by Crippen LogP contribution is -2.60. The van der Waals surface area contributed by atoms with Crippen LogP contribution in [0.5, 0.6) is 0 Å². The van der Waals surface area contributed by atoms with Gasteiger partial charge < -0.3 is 85.7 Å². The van der Waals surface area contributed by atoms with Crippen molar-refractivity contribution in [3.63, 3.8) is 0 Å². The monoisotopic (exact) mass is 1530 g/mol. The number of nitrogens with zero attached hydrogens (tertiary/aromatic N) is 4. The predicted octanol–water partition coefficient (Wildman–Crippen LogP) is 4.85. The third kappa shape index (κ3) is 28.0. The van der Waals surface area contributed by atoms with Crippen molar-refractivity contribution in [1.82, 2.24) is 46.3 Å². The molecular weight excluding hydrogens is 1410 g/mol. The molecule has 2 heterocycles. The molecule has 0 radical (unpaired) electrons. The number of nitrogens with one attached hydrogen (secondary N) is 6. The van der Waals surface area contributed by atoms with Gasteiger partial charge >= 0.3 is 18.1 Å². The second kappa shape index (κ2) is 46.4. The molecule has 11 atom stereocenters. The fourth-order valence-electron chi connectivity index (χ4n) is 13.1. The lowest BCUT2D eigenvalue weighted by molar-refractivity contribution is -0.148. The van der Waals surface area contributed by atoms with Gasteiger partial charge in [0.15, 0.2) is 0 Å². The molecule has 1 fully saturated rings. The number of ether oxygens (including phenoxy) is 7. The van der Waals surface area contributed by atoms with Gasteiger partial charge in [-0.1, -0.05) is 123 Å². The van der Waals surface area contributed by atoms with Crippen molar-refractivity contribution in [2.24, 2.45) is 35.3 Å². The number of amides is 12. The van der Waals surface area contributed by atoms with Gasteiger partial charge in [0, 0.05) is 59.9 Å². The van der Waals surface area contributed by atoms with E-state index in [2.05, 4.69) is 31.9 Å². The summed E-state index contributed by atoms with van der Waals surface area (Å²) in [6, 6.07) is 14.2. The number of fused-ring (bicyclic) bond motifs is 1. The molecule has 12 amide bonds. The minimum absolute atomic E-state index is 0.00919. The van der Waals surface area contributed by atoms with Crippen LogP contribution in [0.4, 0.5) is 15.3 Å². The fourth-order valence-corrected chi connectivity index (χ4v) is 13.1. The van der Waals surface area contributed by atoms with Gasteiger partial charge in [-0.05, 0) is 84.7 Å². The predicted molar refractivity (Wildman–Crippen MR) is 401 cm³/mol. The van der Waals surface area contributed by atoms with E-state index in [0.29, 0.717) is 37.1 Å². The fraction of sp³-hybridized carbons (Fsp3) is 0.610. The maximum atomic E-state index is 14.9. The van der Waals surface area contributed by atoms with Gasteiger partial charge in [-0.2, -0.15) is 0 Å². The number of urea groups is 1. The Bertz CT molecular complexity index is 3420. The molecule has 0 bridgehead atoms. The number of benzene rings is 3. The Balaban J connectivity index is 1.08. The topological polar surface area (TPSA) is 410 Å². The quantitative estimate of drug-likeness (QED) is 0.0277. The summed E-state index contributed by atoms with van der Waals surface area (Å²) in [6.07, 6.45) is -0.564. The van der Waals surface area contributed by atoms with Crippen LogP contribution in [0.15, 0.2) is 78.9 Å². The number of carboxylic acids is 1. The normalized spacial score (nSPS) is 16.2. The van der Waals surface area contributed by atoms with Crippen molar-refractivity contribution in [1.29, 1.82) is 0 Å². The first-order valence-corrected chi connectivity index (χ1v) is 37.3. The van der Waals surface area contributed by atoms with E-state index in [1.807, 2.05) is 19.9 Å². The molecule has 2 aliphatic heterocycles. The highest BCUT2D eigenvalue weighted by molar-refractivity contribution is 6.20. The van der Waals surface area contributed by atoms with Gasteiger partial charge in [0.1, 0.15) is 36.8 Å². The number of rotatable bonds is 49. The van der Waals surface area contributed by atoms with Crippen LogP contribution in [0, 0.1) is 29.6 Å². The van der Waals surface area contributed by atoms with Gasteiger partial charge in [0.05, 0.1) is 107 Å². The van der Waals surface area contributed by atoms with Crippen molar-refractivity contribution in [2.75, 3.05) is 106 Å². The zero-order valence-electron chi connectivity index (χ0n) is 65.2. The second-order valence-electron chi connectivity index (χ2n) is 28.2. The third-order valence-corrected chi connectivity index (χ3v) is 19.2. The molecule has 604 valence electrons. The van der Waals surface area contributed by atoms with Crippen LogP contribution >= 0.6 is 0 Å². The number of imide groups is 1. The lowest BCUT2D eigenvalue weighted by Gasteiger charge is -2.41. The number of aliphatic carboxylic acids is 1. The minimum Gasteiger partial charge on any atom is -0.480 e. The first-order chi connectivity index (χ1) is 51.9. The molecule has 0 unspecified atom stereocenters. The Morgan fingerprint density at radius 1 is 0.624 bits per heavy atom. The maximum absolute atomic E-state index is 14.9. The van der Waals surface area contributed by atoms with E-state index in [1.54, 1.807) is 133 Å². The number of hydrogen-bond donors (Lipinski definition) is 8. The van der Waals surface area contributed by atoms with E-state index in [4.69, 9.17) is 43.7 Å². The number of methoxy groups -OCH3 is 2. The molecule has 32 nitrogen and oxygen atoms in total. The molecule has 0 saturated carbocycles. The van der Waals surface area contributed by atoms with Crippen molar-refractivity contribution in [3.05, 3.63) is 101 Å². The van der Waals surface area contributed by atoms with Crippen LogP contribution in [0.3, 0.4) is 0 Å². The third-order valence-electron chi connectivity index (χ3n) is 19.2. The van der Waals surface area contributed by atoms with E-state index < -0.39 is 144 Å². The molecule has 32 heteroatoms. The Kier molecular flexibility index (Phi) is 38.5. The summed E-state index contributed by atoms with van der Waals surface area (Å²) in [6.45, 7) is 17.9. The van der Waals surface area contributed by atoms with Crippen LogP contribution in [-0.4, -0.2) is 251 Å². The average molecular weight is 1530 g/mol. The molecule has 2 aliphatic rings. The standard InChI is InChI=1S/C77H115N11O21/c1-14-50(8)66(60(102-12)45-62(90)87-34-21-27-59(87)67(103-13)51(9)68(91)82-58(75(98)99)44-52-22-16-15-17-23-52)85(10)74(97)64(48(4)5)84-71(94)65(49(6)7)86(11)77(101)108-46-53-28-30-54(31-29-53)80-69(92)57(26-20-33-79-76(78)100)81-70(93)63(47(2)3)83-61(89)32-35-104-36-37-105-38-39-106-40-41-107-42-43-109-88-72(95)55-24-18-19-25-56(55)73(88)96/h15-19,22-25,28-31,47-51,57-60,63-67H,14,20-21,26-27,32-46H2,1-13H3,(H,80,92)(H,81,93)(H,82,91)(H,83,89)(H,84,94)(H,98,99)(H3,78,79,100)/t50-,51+,57-,58-,59-,60+,63-,64-,65-,66-,67+/m0/s1. The van der Waals surface area contributed by atoms with E-state index in [-0.39, 0.29) is 128 Å². The number of carbonyl (C=O) groups excluding carboxylic acids is 11. The summed E-state index contributed by atoms with van der Waals surface area (Å²) in [7, 11) is 5.96. The van der Waals surface area contributed by atoms with Crippen molar-refractivity contribution in [3.8, 4) is 0 Å². The van der Waals surface area contributed by atoms with Gasteiger partial charge in [0.2, 0.25) is 41.4 Å². The number of anilines is 1. The Hall–Kier alpha value is -9.18. The lowest BCUT2D eigenvalue weighted by atomic mass is 9.89. The van der Waals surface area contributed by atoms with Gasteiger partial charge in [-0.25, -0.2) is 14.4 Å². The minimum atomic E-state index is -1.20. The molecule has 3 aromatic carbocycles. The largest absolute Gasteiger partial charge is 0.480 e. The van der Waals surface area contributed by atoms with E-state index in [9.17, 15) is 62.6 Å². The van der Waals surface area contributed by atoms with Gasteiger partial charge in [-0.15, -0.1) is 5.06 Å². The molecule has 0 spiro atoms. The summed E-state index contributed by atoms with van der Waals surface area (Å²) in [5.41, 5.74) is 7.41. The van der Waals surface area contributed by atoms with Gasteiger partial charge in [0.25, 0.3) is 11.8 Å². The zero-order chi connectivity index (χ0) is 80.4. The number of hydroxylamine groups is 2. The molecule has 109 heavy (non-hydrogen) atoms. The van der Waals surface area contributed by atoms with E-state index >= 15 is 0 Å². The van der Waals surface area contributed by atoms with Crippen molar-refractivity contribution >= 4 is 76.9 Å². The smallest absolute Gasteiger partial charge is 0.410 e. The number of hydrogen-bond acceptors (Lipinski definition) is 20. The highest BCUT2D eigenvalue weighted by atomic mass is 16.7. The highest BCUT2D eigenvalue weighted by Crippen LogP contribution is 2.31. The van der Waals surface area contributed by atoms with E-state index in [1.165, 1.54) is 26.2 Å². The Morgan fingerprint density at radius 2 is 1.19 bits per heavy atom. The summed E-state index contributed by atoms with van der Waals surface area (Å²) in [5, 5.41) is 27.1. The van der Waals surface area contributed by atoms with Gasteiger partial charge in [-0.3, -0.25) is 52.9 Å². The van der Waals surface area contributed by atoms with Crippen LogP contribution in [0.2, 0.25) is 0 Å². The van der Waals surface area contributed by atoms with Crippen LogP contribution in [-0.2, 0) is 89.4 Å². The molecule has 1 saturated heterocycles. The average Bonchev–Trinajstić information content (AvgIpc) is 1.68. The van der Waals surface area contributed by atoms with Crippen LogP contribution < -0.4 is 37.6 Å². The molecule has 3 aromatic rings. The first kappa shape index (κ1) is 90.4. The van der Waals surface area contributed by atoms with Crippen LogP contribution in [0.25, 0.3) is 0 Å². The number of likely N-dealkylation sites (tertiary alicyclic amines) is 1. The summed E-state index contributed by atoms with van der Waals surface area (Å²) in [5.74, 6) is -8.20. The Morgan fingerprint density at radius 3 is 1.73 bits per heavy atom. The number of primary amides is 1. The number of carboxylic acid groups (broad SMARTS) is 1. The second-order valence-corrected chi connectivity index (χ2v) is 28.2. The molecule has 9 N–H and O–H groups in total. The summed E-state index contributed by atoms with van der Waals surface area (Å²) in [4.78, 5) is 170. The number of carbonyl (C=O) groups is 12. The molecule has 5 rings (SSSR count). The van der Waals surface area contributed by atoms with Crippen LogP contribution in [0.1, 0.15) is 139 Å². The van der Waals surface area contributed by atoms with Crippen molar-refractivity contribution in [2.45, 2.75) is 175 Å². The first-order valence-electron chi connectivity index (χ1n) is 37.3. The SMILES string of the molecule is CC[C@H](C)[C@@H]([C@@H](CC(=O)N1CCC[C@H]1[C@H](OC)[C@@H](C)C(=O)N[C@@H](Cc1ccccc1)C(=O)O)OC)N(C)C(=O)[C@@H](NC(=O)[C@H](C(C)C)N(C)C(=O)OCc1ccc(NC(=O)[C@H](CCCNC(N)=O)NC(=O)[C@@H](NC(=O)CCOCCOCCOCCOCCON2C(=O)c3ccccc3C2=O)C(C)C)cc1)C(C)C. The molecular formula is C77H115N11O21. The summed E-state index contributed by atoms with van der Waals surface area (Å²) >= 11 is 0. The zero-order valence-corrected chi connectivity index (χ0v) is 65.2. The number of likely N-dealkylation sites (N-methyl/N-ethyl adjacent to an activating group) is 2. The van der Waals surface area contributed by atoms with Crippen molar-refractivity contribution < 1.29 is 101 Å². The highest BCUT2D eigenvalue weighted by Gasteiger charge is 2.45.